The van der Waals surface area contributed by atoms with E-state index in [2.05, 4.69) is 10.4 Å². The molecule has 7 nitrogen and oxygen atoms in total. The third-order valence-electron chi connectivity index (χ3n) is 6.86. The number of hydrogen-bond donors (Lipinski definition) is 1. The van der Waals surface area contributed by atoms with Crippen molar-refractivity contribution in [3.63, 3.8) is 0 Å². The van der Waals surface area contributed by atoms with E-state index >= 15 is 0 Å². The average molecular weight is 481 g/mol. The quantitative estimate of drug-likeness (QED) is 0.573. The van der Waals surface area contributed by atoms with E-state index in [9.17, 15) is 13.2 Å². The molecule has 1 saturated heterocycles. The second kappa shape index (κ2) is 9.72. The maximum absolute atomic E-state index is 13.5. The summed E-state index contributed by atoms with van der Waals surface area (Å²) >= 11 is 0. The van der Waals surface area contributed by atoms with Crippen LogP contribution in [-0.4, -0.2) is 41.5 Å². The number of aryl methyl sites for hydroxylation is 2. The number of benzene rings is 2. The van der Waals surface area contributed by atoms with E-state index in [-0.39, 0.29) is 11.8 Å². The first-order valence-electron chi connectivity index (χ1n) is 11.6. The van der Waals surface area contributed by atoms with E-state index < -0.39 is 10.0 Å². The Balaban J connectivity index is 1.42. The molecule has 8 heteroatoms. The van der Waals surface area contributed by atoms with Crippen molar-refractivity contribution in [3.05, 3.63) is 76.5 Å². The zero-order valence-corrected chi connectivity index (χ0v) is 21.0. The van der Waals surface area contributed by atoms with Gasteiger partial charge in [-0.15, -0.1) is 0 Å². The summed E-state index contributed by atoms with van der Waals surface area (Å²) < 4.78 is 30.3. The van der Waals surface area contributed by atoms with Gasteiger partial charge in [-0.05, 0) is 68.4 Å². The largest absolute Gasteiger partial charge is 0.311 e. The van der Waals surface area contributed by atoms with Gasteiger partial charge in [0.2, 0.25) is 15.9 Å². The molecule has 1 aliphatic heterocycles. The second-order valence-electron chi connectivity index (χ2n) is 9.12. The lowest BCUT2D eigenvalue weighted by atomic mass is 9.97. The highest BCUT2D eigenvalue weighted by Crippen LogP contribution is 2.31. The fourth-order valence-corrected chi connectivity index (χ4v) is 6.65. The monoisotopic (exact) mass is 480 g/mol. The molecule has 4 rings (SSSR count). The van der Waals surface area contributed by atoms with Crippen molar-refractivity contribution in [1.29, 1.82) is 0 Å². The van der Waals surface area contributed by atoms with Gasteiger partial charge < -0.3 is 5.32 Å². The van der Waals surface area contributed by atoms with Gasteiger partial charge in [-0.25, -0.2) is 13.1 Å². The van der Waals surface area contributed by atoms with E-state index in [1.54, 1.807) is 16.9 Å². The molecular weight excluding hydrogens is 448 g/mol. The number of sulfonamides is 1. The first-order valence-corrected chi connectivity index (χ1v) is 13.1. The summed E-state index contributed by atoms with van der Waals surface area (Å²) in [6.07, 6.45) is 2.64. The number of aromatic nitrogens is 2. The second-order valence-corrected chi connectivity index (χ2v) is 11.0. The summed E-state index contributed by atoms with van der Waals surface area (Å²) in [6.45, 7) is 8.85. The summed E-state index contributed by atoms with van der Waals surface area (Å²) in [6, 6.07) is 13.8. The molecule has 0 unspecified atom stereocenters. The number of amides is 1. The first kappa shape index (κ1) is 24.2. The number of anilines is 1. The molecule has 2 heterocycles. The van der Waals surface area contributed by atoms with Crippen molar-refractivity contribution in [2.45, 2.75) is 52.0 Å². The van der Waals surface area contributed by atoms with E-state index in [1.807, 2.05) is 64.1 Å². The fraction of sp³-hybridized carbons (Fsp3) is 0.385. The fourth-order valence-electron chi connectivity index (χ4n) is 4.60. The predicted octanol–water partition coefficient (Wildman–Crippen LogP) is 4.20. The predicted molar refractivity (Wildman–Crippen MR) is 133 cm³/mol. The summed E-state index contributed by atoms with van der Waals surface area (Å²) in [5.74, 6) is 0.309. The lowest BCUT2D eigenvalue weighted by molar-refractivity contribution is -0.121. The molecule has 0 bridgehead atoms. The molecule has 1 aromatic heterocycles. The molecule has 3 aromatic rings. The molecule has 34 heavy (non-hydrogen) atoms. The Kier molecular flexibility index (Phi) is 6.91. The van der Waals surface area contributed by atoms with Gasteiger partial charge in [0.15, 0.2) is 0 Å². The minimum atomic E-state index is -3.62. The standard InChI is InChI=1S/C26H32N4O3S/c1-18-16-19(2)21(4)25(20(18)3)34(32,33)29-14-11-23(12-15-29)26(31)28-24-10-13-27-30(24)17-22-8-6-5-7-9-22/h5-10,13,16,23H,11-12,14-15,17H2,1-4H3,(H,28,31). The minimum absolute atomic E-state index is 0.0920. The number of carbonyl (C=O) groups is 1. The van der Waals surface area contributed by atoms with Gasteiger partial charge in [0.05, 0.1) is 17.6 Å². The Morgan fingerprint density at radius 2 is 1.62 bits per heavy atom. The van der Waals surface area contributed by atoms with Crippen molar-refractivity contribution in [2.75, 3.05) is 18.4 Å². The lowest BCUT2D eigenvalue weighted by Gasteiger charge is -2.31. The van der Waals surface area contributed by atoms with E-state index in [1.165, 1.54) is 4.31 Å². The summed E-state index contributed by atoms with van der Waals surface area (Å²) in [4.78, 5) is 13.4. The van der Waals surface area contributed by atoms with E-state index in [0.29, 0.717) is 43.2 Å². The molecule has 0 spiro atoms. The summed E-state index contributed by atoms with van der Waals surface area (Å²) in [5.41, 5.74) is 4.65. The van der Waals surface area contributed by atoms with Crippen LogP contribution in [0.5, 0.6) is 0 Å². The van der Waals surface area contributed by atoms with Crippen LogP contribution in [0.2, 0.25) is 0 Å². The van der Waals surface area contributed by atoms with Crippen LogP contribution in [0.3, 0.4) is 0 Å². The Labute approximate surface area is 201 Å². The van der Waals surface area contributed by atoms with Gasteiger partial charge >= 0.3 is 0 Å². The zero-order valence-electron chi connectivity index (χ0n) is 20.2. The van der Waals surface area contributed by atoms with Crippen LogP contribution in [0, 0.1) is 33.6 Å². The molecule has 1 fully saturated rings. The molecular formula is C26H32N4O3S. The number of hydrogen-bond acceptors (Lipinski definition) is 4. The molecule has 0 radical (unpaired) electrons. The van der Waals surface area contributed by atoms with Crippen molar-refractivity contribution in [1.82, 2.24) is 14.1 Å². The molecule has 2 aromatic carbocycles. The van der Waals surface area contributed by atoms with Crippen molar-refractivity contribution >= 4 is 21.7 Å². The Morgan fingerprint density at radius 1 is 1.00 bits per heavy atom. The topological polar surface area (TPSA) is 84.3 Å². The Hall–Kier alpha value is -2.97. The maximum Gasteiger partial charge on any atom is 0.243 e. The SMILES string of the molecule is Cc1cc(C)c(C)c(S(=O)(=O)N2CCC(C(=O)Nc3ccnn3Cc3ccccc3)CC2)c1C. The Morgan fingerprint density at radius 3 is 2.24 bits per heavy atom. The zero-order chi connectivity index (χ0) is 24.5. The smallest absolute Gasteiger partial charge is 0.243 e. The van der Waals surface area contributed by atoms with Crippen LogP contribution in [0.4, 0.5) is 5.82 Å². The molecule has 0 atom stereocenters. The van der Waals surface area contributed by atoms with Gasteiger partial charge in [-0.3, -0.25) is 4.79 Å². The van der Waals surface area contributed by atoms with Gasteiger partial charge in [0.1, 0.15) is 5.82 Å². The maximum atomic E-state index is 13.5. The number of carbonyl (C=O) groups excluding carboxylic acids is 1. The van der Waals surface area contributed by atoms with Gasteiger partial charge in [-0.2, -0.15) is 9.40 Å². The third-order valence-corrected chi connectivity index (χ3v) is 9.04. The third kappa shape index (κ3) is 4.79. The van der Waals surface area contributed by atoms with Gasteiger partial charge in [0, 0.05) is 25.1 Å². The lowest BCUT2D eigenvalue weighted by Crippen LogP contribution is -2.42. The number of piperidine rings is 1. The molecule has 0 aliphatic carbocycles. The minimum Gasteiger partial charge on any atom is -0.311 e. The van der Waals surface area contributed by atoms with Gasteiger partial charge in [-0.1, -0.05) is 36.4 Å². The molecule has 1 amide bonds. The molecule has 1 aliphatic rings. The Bertz CT molecular complexity index is 1260. The number of nitrogens with zero attached hydrogens (tertiary/aromatic N) is 3. The highest BCUT2D eigenvalue weighted by atomic mass is 32.2. The first-order chi connectivity index (χ1) is 16.2. The highest BCUT2D eigenvalue weighted by molar-refractivity contribution is 7.89. The molecule has 0 saturated carbocycles. The van der Waals surface area contributed by atoms with Crippen LogP contribution in [0.1, 0.15) is 40.7 Å². The van der Waals surface area contributed by atoms with Crippen molar-refractivity contribution in [2.24, 2.45) is 5.92 Å². The van der Waals surface area contributed by atoms with Crippen LogP contribution in [0.15, 0.2) is 53.6 Å². The van der Waals surface area contributed by atoms with Crippen molar-refractivity contribution < 1.29 is 13.2 Å². The summed E-state index contributed by atoms with van der Waals surface area (Å²) in [7, 11) is -3.62. The number of rotatable bonds is 6. The van der Waals surface area contributed by atoms with Crippen LogP contribution < -0.4 is 5.32 Å². The number of nitrogens with one attached hydrogen (secondary N) is 1. The normalized spacial score (nSPS) is 15.4. The highest BCUT2D eigenvalue weighted by Gasteiger charge is 2.34. The average Bonchev–Trinajstić information content (AvgIpc) is 3.25. The van der Waals surface area contributed by atoms with Crippen LogP contribution >= 0.6 is 0 Å². The van der Waals surface area contributed by atoms with Gasteiger partial charge in [0.25, 0.3) is 0 Å². The van der Waals surface area contributed by atoms with Crippen LogP contribution in [-0.2, 0) is 21.4 Å². The van der Waals surface area contributed by atoms with E-state index in [0.717, 1.165) is 27.8 Å². The van der Waals surface area contributed by atoms with Crippen molar-refractivity contribution in [3.8, 4) is 0 Å². The molecule has 180 valence electrons. The molecule has 1 N–H and O–H groups in total. The van der Waals surface area contributed by atoms with Crippen LogP contribution in [0.25, 0.3) is 0 Å². The summed E-state index contributed by atoms with van der Waals surface area (Å²) in [5, 5.41) is 7.33. The van der Waals surface area contributed by atoms with E-state index in [4.69, 9.17) is 0 Å².